The van der Waals surface area contributed by atoms with Gasteiger partial charge in [-0.3, -0.25) is 4.90 Å². The average Bonchev–Trinajstić information content (AvgIpc) is 2.89. The zero-order valence-corrected chi connectivity index (χ0v) is 12.2. The van der Waals surface area contributed by atoms with Crippen molar-refractivity contribution < 1.29 is 5.11 Å². The van der Waals surface area contributed by atoms with Gasteiger partial charge in [-0.1, -0.05) is 20.8 Å². The third kappa shape index (κ3) is 2.22. The van der Waals surface area contributed by atoms with Crippen molar-refractivity contribution in [3.63, 3.8) is 0 Å². The van der Waals surface area contributed by atoms with Gasteiger partial charge in [0.15, 0.2) is 0 Å². The number of hydrogen-bond donors (Lipinski definition) is 1. The number of piperidine rings is 1. The molecule has 2 saturated carbocycles. The summed E-state index contributed by atoms with van der Waals surface area (Å²) >= 11 is 0. The Kier molecular flexibility index (Phi) is 3.22. The standard InChI is InChI=1S/C16H29NO/c1-16(2,3)12-5-7-15(18)14(9-12)17-10-11-4-6-13(17)8-11/h11-15,18H,4-10H2,1-3H3. The van der Waals surface area contributed by atoms with E-state index in [2.05, 4.69) is 25.7 Å². The zero-order valence-electron chi connectivity index (χ0n) is 12.2. The van der Waals surface area contributed by atoms with E-state index >= 15 is 0 Å². The molecule has 5 unspecified atom stereocenters. The Morgan fingerprint density at radius 1 is 1.00 bits per heavy atom. The first-order valence-electron chi connectivity index (χ1n) is 7.89. The van der Waals surface area contributed by atoms with E-state index in [1.54, 1.807) is 0 Å². The number of nitrogens with zero attached hydrogens (tertiary/aromatic N) is 1. The van der Waals surface area contributed by atoms with Crippen LogP contribution >= 0.6 is 0 Å². The van der Waals surface area contributed by atoms with Crippen molar-refractivity contribution in [1.29, 1.82) is 0 Å². The van der Waals surface area contributed by atoms with Gasteiger partial charge in [-0.2, -0.15) is 0 Å². The van der Waals surface area contributed by atoms with Gasteiger partial charge in [-0.15, -0.1) is 0 Å². The third-order valence-electron chi connectivity index (χ3n) is 5.88. The number of fused-ring (bicyclic) bond motifs is 2. The lowest BCUT2D eigenvalue weighted by molar-refractivity contribution is -0.0280. The summed E-state index contributed by atoms with van der Waals surface area (Å²) < 4.78 is 0. The van der Waals surface area contributed by atoms with Crippen LogP contribution in [0.4, 0.5) is 0 Å². The Hall–Kier alpha value is -0.0800. The van der Waals surface area contributed by atoms with E-state index in [0.29, 0.717) is 11.5 Å². The van der Waals surface area contributed by atoms with Crippen LogP contribution in [0.1, 0.15) is 59.3 Å². The smallest absolute Gasteiger partial charge is 0.0695 e. The van der Waals surface area contributed by atoms with Crippen molar-refractivity contribution in [2.24, 2.45) is 17.3 Å². The van der Waals surface area contributed by atoms with Crippen molar-refractivity contribution >= 4 is 0 Å². The molecule has 0 spiro atoms. The summed E-state index contributed by atoms with van der Waals surface area (Å²) in [4.78, 5) is 2.68. The molecule has 0 aromatic rings. The predicted octanol–water partition coefficient (Wildman–Crippen LogP) is 3.05. The largest absolute Gasteiger partial charge is 0.391 e. The molecule has 0 aromatic heterocycles. The number of aliphatic hydroxyl groups excluding tert-OH is 1. The average molecular weight is 251 g/mol. The molecule has 2 aliphatic carbocycles. The number of aliphatic hydroxyl groups is 1. The quantitative estimate of drug-likeness (QED) is 0.774. The molecule has 3 rings (SSSR count). The van der Waals surface area contributed by atoms with Crippen molar-refractivity contribution in [2.75, 3.05) is 6.54 Å². The van der Waals surface area contributed by atoms with Crippen molar-refractivity contribution in [3.05, 3.63) is 0 Å². The summed E-state index contributed by atoms with van der Waals surface area (Å²) in [5, 5.41) is 10.4. The molecule has 2 bridgehead atoms. The summed E-state index contributed by atoms with van der Waals surface area (Å²) in [5.41, 5.74) is 0.400. The lowest BCUT2D eigenvalue weighted by atomic mass is 9.69. The van der Waals surface area contributed by atoms with E-state index < -0.39 is 0 Å². The van der Waals surface area contributed by atoms with Crippen molar-refractivity contribution in [3.8, 4) is 0 Å². The minimum atomic E-state index is -0.0667. The summed E-state index contributed by atoms with van der Waals surface area (Å²) in [6.45, 7) is 8.36. The number of rotatable bonds is 1. The molecule has 18 heavy (non-hydrogen) atoms. The van der Waals surface area contributed by atoms with Gasteiger partial charge in [0, 0.05) is 18.6 Å². The number of hydrogen-bond acceptors (Lipinski definition) is 2. The molecule has 5 atom stereocenters. The number of likely N-dealkylation sites (tertiary alicyclic amines) is 1. The second kappa shape index (κ2) is 4.49. The highest BCUT2D eigenvalue weighted by molar-refractivity contribution is 4.99. The van der Waals surface area contributed by atoms with Gasteiger partial charge >= 0.3 is 0 Å². The maximum Gasteiger partial charge on any atom is 0.0695 e. The lowest BCUT2D eigenvalue weighted by Gasteiger charge is -2.46. The Balaban J connectivity index is 1.70. The predicted molar refractivity (Wildman–Crippen MR) is 74.4 cm³/mol. The van der Waals surface area contributed by atoms with Crippen LogP contribution in [0.25, 0.3) is 0 Å². The first-order valence-corrected chi connectivity index (χ1v) is 7.89. The van der Waals surface area contributed by atoms with Crippen LogP contribution in [0.5, 0.6) is 0 Å². The Morgan fingerprint density at radius 3 is 2.33 bits per heavy atom. The Labute approximate surface area is 112 Å². The maximum absolute atomic E-state index is 10.4. The fourth-order valence-electron chi connectivity index (χ4n) is 4.64. The monoisotopic (exact) mass is 251 g/mol. The minimum absolute atomic E-state index is 0.0667. The van der Waals surface area contributed by atoms with Crippen LogP contribution < -0.4 is 0 Å². The highest BCUT2D eigenvalue weighted by Crippen LogP contribution is 2.44. The molecule has 3 aliphatic rings. The molecule has 2 heteroatoms. The van der Waals surface area contributed by atoms with Crippen molar-refractivity contribution in [1.82, 2.24) is 4.90 Å². The second-order valence-electron chi connectivity index (χ2n) is 8.04. The molecule has 3 fully saturated rings. The first kappa shape index (κ1) is 12.9. The second-order valence-corrected chi connectivity index (χ2v) is 8.04. The van der Waals surface area contributed by atoms with Gasteiger partial charge in [0.05, 0.1) is 6.10 Å². The van der Waals surface area contributed by atoms with Crippen LogP contribution in [-0.2, 0) is 0 Å². The molecule has 1 N–H and O–H groups in total. The van der Waals surface area contributed by atoms with E-state index in [0.717, 1.165) is 24.3 Å². The van der Waals surface area contributed by atoms with Gasteiger partial charge in [0.25, 0.3) is 0 Å². The van der Waals surface area contributed by atoms with Crippen LogP contribution in [0.3, 0.4) is 0 Å². The van der Waals surface area contributed by atoms with Crippen LogP contribution in [0.15, 0.2) is 0 Å². The SMILES string of the molecule is CC(C)(C)C1CCC(O)C(N2CC3CCC2C3)C1. The molecule has 0 aromatic carbocycles. The summed E-state index contributed by atoms with van der Waals surface area (Å²) in [7, 11) is 0. The molecule has 1 heterocycles. The Morgan fingerprint density at radius 2 is 1.78 bits per heavy atom. The minimum Gasteiger partial charge on any atom is -0.391 e. The van der Waals surface area contributed by atoms with E-state index in [-0.39, 0.29) is 6.10 Å². The summed E-state index contributed by atoms with van der Waals surface area (Å²) in [5.74, 6) is 1.72. The maximum atomic E-state index is 10.4. The molecule has 104 valence electrons. The molecule has 0 radical (unpaired) electrons. The van der Waals surface area contributed by atoms with Gasteiger partial charge in [-0.25, -0.2) is 0 Å². The van der Waals surface area contributed by atoms with E-state index in [1.807, 2.05) is 0 Å². The molecule has 0 amide bonds. The lowest BCUT2D eigenvalue weighted by Crippen LogP contribution is -2.51. The highest BCUT2D eigenvalue weighted by atomic mass is 16.3. The fourth-order valence-corrected chi connectivity index (χ4v) is 4.64. The van der Waals surface area contributed by atoms with Crippen LogP contribution in [0.2, 0.25) is 0 Å². The third-order valence-corrected chi connectivity index (χ3v) is 5.88. The van der Waals surface area contributed by atoms with Gasteiger partial charge in [0.2, 0.25) is 0 Å². The normalized spacial score (nSPS) is 45.7. The van der Waals surface area contributed by atoms with E-state index in [4.69, 9.17) is 0 Å². The van der Waals surface area contributed by atoms with Crippen molar-refractivity contribution in [2.45, 2.75) is 77.5 Å². The molecule has 2 nitrogen and oxygen atoms in total. The highest BCUT2D eigenvalue weighted by Gasteiger charge is 2.45. The van der Waals surface area contributed by atoms with Gasteiger partial charge < -0.3 is 5.11 Å². The Bertz CT molecular complexity index is 309. The fraction of sp³-hybridized carbons (Fsp3) is 1.00. The topological polar surface area (TPSA) is 23.5 Å². The van der Waals surface area contributed by atoms with E-state index in [9.17, 15) is 5.11 Å². The molecular formula is C16H29NO. The van der Waals surface area contributed by atoms with Crippen LogP contribution in [-0.4, -0.2) is 34.7 Å². The first-order chi connectivity index (χ1) is 8.45. The summed E-state index contributed by atoms with van der Waals surface area (Å²) in [6.07, 6.45) is 7.60. The summed E-state index contributed by atoms with van der Waals surface area (Å²) in [6, 6.07) is 1.26. The van der Waals surface area contributed by atoms with E-state index in [1.165, 1.54) is 38.6 Å². The molecule has 1 saturated heterocycles. The van der Waals surface area contributed by atoms with Gasteiger partial charge in [0.1, 0.15) is 0 Å². The zero-order chi connectivity index (χ0) is 12.9. The molecular weight excluding hydrogens is 222 g/mol. The van der Waals surface area contributed by atoms with Gasteiger partial charge in [-0.05, 0) is 55.8 Å². The van der Waals surface area contributed by atoms with Crippen LogP contribution in [0, 0.1) is 17.3 Å². The molecule has 1 aliphatic heterocycles.